The van der Waals surface area contributed by atoms with E-state index in [1.54, 1.807) is 0 Å². The first-order valence-electron chi connectivity index (χ1n) is 18.2. The lowest BCUT2D eigenvalue weighted by Crippen LogP contribution is -2.24. The summed E-state index contributed by atoms with van der Waals surface area (Å²) in [6.45, 7) is 21.0. The zero-order valence-corrected chi connectivity index (χ0v) is 31.6. The number of esters is 1. The lowest BCUT2D eigenvalue weighted by atomic mass is 10.2. The number of hydrogen-bond donors (Lipinski definition) is 0. The Bertz CT molecular complexity index is 667. The van der Waals surface area contributed by atoms with Gasteiger partial charge in [-0.15, -0.1) is 0 Å². The molecule has 15 heteroatoms. The van der Waals surface area contributed by atoms with Gasteiger partial charge in [0.1, 0.15) is 5.60 Å². The smallest absolute Gasteiger partial charge is 0.308 e. The monoisotopic (exact) mass is 730 g/mol. The van der Waals surface area contributed by atoms with Crippen LogP contribution in [0.1, 0.15) is 47.0 Å². The molecule has 50 heavy (non-hydrogen) atoms. The first-order valence-corrected chi connectivity index (χ1v) is 18.2. The van der Waals surface area contributed by atoms with Crippen molar-refractivity contribution < 1.29 is 71.1 Å². The Hall–Kier alpha value is -1.05. The van der Waals surface area contributed by atoms with Crippen molar-refractivity contribution in [3.05, 3.63) is 0 Å². The van der Waals surface area contributed by atoms with Crippen molar-refractivity contribution in [2.75, 3.05) is 172 Å². The molecular formula is C35H70O15. The van der Waals surface area contributed by atoms with Crippen molar-refractivity contribution in [3.63, 3.8) is 0 Å². The lowest BCUT2D eigenvalue weighted by Gasteiger charge is -2.19. The van der Waals surface area contributed by atoms with Crippen molar-refractivity contribution in [3.8, 4) is 0 Å². The fourth-order valence-corrected chi connectivity index (χ4v) is 3.54. The van der Waals surface area contributed by atoms with Gasteiger partial charge in [-0.25, -0.2) is 0 Å². The van der Waals surface area contributed by atoms with E-state index in [1.165, 1.54) is 0 Å². The Labute approximate surface area is 301 Å². The molecule has 0 fully saturated rings. The minimum Gasteiger partial charge on any atom is -0.460 e. The van der Waals surface area contributed by atoms with E-state index in [0.717, 1.165) is 19.4 Å². The van der Waals surface area contributed by atoms with E-state index in [0.29, 0.717) is 165 Å². The molecule has 0 radical (unpaired) electrons. The standard InChI is InChI=1S/C35H70O15/c1-5-6-8-37-10-12-39-14-16-41-18-20-43-22-24-45-26-28-47-30-32-49-33-31-48-29-27-46-25-23-44-21-19-42-17-15-40-13-11-38-9-7-34(36)50-35(2,3)4/h5-33H2,1-4H3. The summed E-state index contributed by atoms with van der Waals surface area (Å²) in [5.41, 5.74) is -0.474. The molecule has 0 heterocycles. The van der Waals surface area contributed by atoms with Gasteiger partial charge in [0.15, 0.2) is 0 Å². The van der Waals surface area contributed by atoms with Gasteiger partial charge in [-0.1, -0.05) is 13.3 Å². The molecule has 0 aromatic heterocycles. The predicted octanol–water partition coefficient (Wildman–Crippen LogP) is 2.73. The lowest BCUT2D eigenvalue weighted by molar-refractivity contribution is -0.156. The van der Waals surface area contributed by atoms with Gasteiger partial charge in [0, 0.05) is 6.61 Å². The van der Waals surface area contributed by atoms with Crippen LogP contribution in [0.3, 0.4) is 0 Å². The molecule has 300 valence electrons. The molecule has 0 rings (SSSR count). The molecule has 0 amide bonds. The first-order chi connectivity index (χ1) is 24.5. The summed E-state index contributed by atoms with van der Waals surface area (Å²) in [4.78, 5) is 11.6. The summed E-state index contributed by atoms with van der Waals surface area (Å²) in [5.74, 6) is -0.265. The Kier molecular flexibility index (Phi) is 39.9. The molecule has 0 aliphatic heterocycles. The number of carbonyl (C=O) groups excluding carboxylic acids is 1. The van der Waals surface area contributed by atoms with Crippen LogP contribution in [0.5, 0.6) is 0 Å². The minimum absolute atomic E-state index is 0.231. The van der Waals surface area contributed by atoms with Gasteiger partial charge in [0.2, 0.25) is 0 Å². The third kappa shape index (κ3) is 45.0. The van der Waals surface area contributed by atoms with E-state index in [2.05, 4.69) is 6.92 Å². The second-order valence-corrected chi connectivity index (χ2v) is 11.7. The second kappa shape index (κ2) is 40.7. The van der Waals surface area contributed by atoms with Crippen molar-refractivity contribution in [2.45, 2.75) is 52.6 Å². The third-order valence-corrected chi connectivity index (χ3v) is 5.98. The minimum atomic E-state index is -0.474. The van der Waals surface area contributed by atoms with Crippen molar-refractivity contribution in [2.24, 2.45) is 0 Å². The highest BCUT2D eigenvalue weighted by Crippen LogP contribution is 2.08. The van der Waals surface area contributed by atoms with E-state index in [-0.39, 0.29) is 12.4 Å². The maximum absolute atomic E-state index is 11.6. The summed E-state index contributed by atoms with van der Waals surface area (Å²) in [5, 5.41) is 0. The van der Waals surface area contributed by atoms with Crippen LogP contribution < -0.4 is 0 Å². The topological polar surface area (TPSA) is 146 Å². The normalized spacial score (nSPS) is 11.8. The van der Waals surface area contributed by atoms with E-state index < -0.39 is 5.60 Å². The quantitative estimate of drug-likeness (QED) is 0.0670. The summed E-state index contributed by atoms with van der Waals surface area (Å²) < 4.78 is 76.1. The number of unbranched alkanes of at least 4 members (excludes halogenated alkanes) is 1. The maximum atomic E-state index is 11.6. The van der Waals surface area contributed by atoms with Crippen LogP contribution in [0, 0.1) is 0 Å². The Morgan fingerprint density at radius 3 is 0.740 bits per heavy atom. The first kappa shape index (κ1) is 49.0. The number of carbonyl (C=O) groups is 1. The van der Waals surface area contributed by atoms with E-state index >= 15 is 0 Å². The molecule has 0 saturated heterocycles. The highest BCUT2D eigenvalue weighted by molar-refractivity contribution is 5.69. The van der Waals surface area contributed by atoms with Crippen molar-refractivity contribution >= 4 is 5.97 Å². The maximum Gasteiger partial charge on any atom is 0.308 e. The number of hydrogen-bond acceptors (Lipinski definition) is 15. The molecule has 0 saturated carbocycles. The molecule has 0 unspecified atom stereocenters. The SMILES string of the molecule is CCCCOCCOCCOCCOCCOCCOCCOCCOCCOCCOCCOCCOCCOCCC(=O)OC(C)(C)C. The summed E-state index contributed by atoms with van der Waals surface area (Å²) in [6.07, 6.45) is 2.46. The van der Waals surface area contributed by atoms with Crippen molar-refractivity contribution in [1.29, 1.82) is 0 Å². The fourth-order valence-electron chi connectivity index (χ4n) is 3.54. The Balaban J connectivity index is 3.09. The molecule has 15 nitrogen and oxygen atoms in total. The van der Waals surface area contributed by atoms with Crippen LogP contribution in [-0.4, -0.2) is 183 Å². The Morgan fingerprint density at radius 1 is 0.340 bits per heavy atom. The fraction of sp³-hybridized carbons (Fsp3) is 0.971. The molecule has 0 aromatic rings. The average molecular weight is 731 g/mol. The van der Waals surface area contributed by atoms with Crippen LogP contribution in [-0.2, 0) is 71.1 Å². The second-order valence-electron chi connectivity index (χ2n) is 11.7. The van der Waals surface area contributed by atoms with Gasteiger partial charge < -0.3 is 66.3 Å². The zero-order chi connectivity index (χ0) is 36.5. The van der Waals surface area contributed by atoms with E-state index in [9.17, 15) is 4.79 Å². The Morgan fingerprint density at radius 2 is 0.540 bits per heavy atom. The molecular weight excluding hydrogens is 660 g/mol. The molecule has 0 spiro atoms. The number of rotatable bonds is 42. The largest absolute Gasteiger partial charge is 0.460 e. The molecule has 0 aliphatic rings. The molecule has 0 atom stereocenters. The van der Waals surface area contributed by atoms with Crippen molar-refractivity contribution in [1.82, 2.24) is 0 Å². The highest BCUT2D eigenvalue weighted by atomic mass is 16.6. The average Bonchev–Trinajstić information content (AvgIpc) is 3.08. The molecule has 0 N–H and O–H groups in total. The van der Waals surface area contributed by atoms with Crippen LogP contribution >= 0.6 is 0 Å². The van der Waals surface area contributed by atoms with E-state index in [4.69, 9.17) is 66.3 Å². The molecule has 0 aromatic carbocycles. The van der Waals surface area contributed by atoms with Gasteiger partial charge >= 0.3 is 5.97 Å². The van der Waals surface area contributed by atoms with Gasteiger partial charge in [-0.05, 0) is 27.2 Å². The van der Waals surface area contributed by atoms with Gasteiger partial charge in [0.25, 0.3) is 0 Å². The number of ether oxygens (including phenoxy) is 14. The van der Waals surface area contributed by atoms with Gasteiger partial charge in [0.05, 0.1) is 172 Å². The van der Waals surface area contributed by atoms with Crippen LogP contribution in [0.4, 0.5) is 0 Å². The van der Waals surface area contributed by atoms with Crippen LogP contribution in [0.25, 0.3) is 0 Å². The summed E-state index contributed by atoms with van der Waals surface area (Å²) >= 11 is 0. The third-order valence-electron chi connectivity index (χ3n) is 5.98. The van der Waals surface area contributed by atoms with Crippen LogP contribution in [0.2, 0.25) is 0 Å². The summed E-state index contributed by atoms with van der Waals surface area (Å²) in [7, 11) is 0. The molecule has 0 aliphatic carbocycles. The zero-order valence-electron chi connectivity index (χ0n) is 31.6. The summed E-state index contributed by atoms with van der Waals surface area (Å²) in [6, 6.07) is 0. The highest BCUT2D eigenvalue weighted by Gasteiger charge is 2.15. The van der Waals surface area contributed by atoms with E-state index in [1.807, 2.05) is 20.8 Å². The van der Waals surface area contributed by atoms with Gasteiger partial charge in [-0.2, -0.15) is 0 Å². The van der Waals surface area contributed by atoms with Gasteiger partial charge in [-0.3, -0.25) is 4.79 Å². The van der Waals surface area contributed by atoms with Crippen LogP contribution in [0.15, 0.2) is 0 Å². The molecule has 0 bridgehead atoms. The predicted molar refractivity (Wildman–Crippen MR) is 186 cm³/mol.